The Kier molecular flexibility index (Phi) is 5.35. The molecule has 0 bridgehead atoms. The zero-order chi connectivity index (χ0) is 14.2. The van der Waals surface area contributed by atoms with Crippen LogP contribution >= 0.6 is 0 Å². The highest BCUT2D eigenvalue weighted by Gasteiger charge is 2.02. The molecule has 0 saturated heterocycles. The maximum atomic E-state index is 5.70. The summed E-state index contributed by atoms with van der Waals surface area (Å²) in [6.45, 7) is 5.43. The molecule has 1 aromatic heterocycles. The smallest absolute Gasteiger partial charge is 0.226 e. The minimum absolute atomic E-state index is 0.630. The first-order valence-corrected chi connectivity index (χ1v) is 7.04. The lowest BCUT2D eigenvalue weighted by Crippen LogP contribution is -2.06. The summed E-state index contributed by atoms with van der Waals surface area (Å²) in [5.41, 5.74) is 2.25. The van der Waals surface area contributed by atoms with Crippen molar-refractivity contribution < 1.29 is 4.74 Å². The van der Waals surface area contributed by atoms with Crippen molar-refractivity contribution in [3.8, 4) is 5.88 Å². The molecule has 4 heteroatoms. The number of aromatic nitrogens is 2. The van der Waals surface area contributed by atoms with Gasteiger partial charge in [-0.2, -0.15) is 4.98 Å². The number of ether oxygens (including phenoxy) is 1. The second-order valence-electron chi connectivity index (χ2n) is 4.64. The molecule has 0 aliphatic carbocycles. The number of aryl methyl sites for hydroxylation is 2. The molecule has 20 heavy (non-hydrogen) atoms. The van der Waals surface area contributed by atoms with Gasteiger partial charge in [-0.1, -0.05) is 30.3 Å². The van der Waals surface area contributed by atoms with Gasteiger partial charge in [-0.05, 0) is 32.3 Å². The van der Waals surface area contributed by atoms with E-state index in [1.54, 1.807) is 0 Å². The van der Waals surface area contributed by atoms with Gasteiger partial charge in [-0.3, -0.25) is 0 Å². The predicted molar refractivity (Wildman–Crippen MR) is 81.2 cm³/mol. The van der Waals surface area contributed by atoms with Crippen molar-refractivity contribution in [3.05, 3.63) is 47.7 Å². The largest absolute Gasteiger partial charge is 0.478 e. The molecule has 1 aromatic carbocycles. The molecule has 4 nitrogen and oxygen atoms in total. The van der Waals surface area contributed by atoms with Crippen LogP contribution in [0.4, 0.5) is 5.95 Å². The number of nitrogens with zero attached hydrogens (tertiary/aromatic N) is 2. The van der Waals surface area contributed by atoms with Gasteiger partial charge in [-0.25, -0.2) is 4.98 Å². The van der Waals surface area contributed by atoms with Crippen LogP contribution in [0.25, 0.3) is 0 Å². The Morgan fingerprint density at radius 2 is 1.95 bits per heavy atom. The van der Waals surface area contributed by atoms with E-state index in [4.69, 9.17) is 4.74 Å². The molecule has 0 fully saturated rings. The topological polar surface area (TPSA) is 47.0 Å². The lowest BCUT2D eigenvalue weighted by Gasteiger charge is -2.08. The van der Waals surface area contributed by atoms with E-state index >= 15 is 0 Å². The summed E-state index contributed by atoms with van der Waals surface area (Å²) in [5, 5.41) is 3.10. The minimum Gasteiger partial charge on any atom is -0.478 e. The second-order valence-corrected chi connectivity index (χ2v) is 4.64. The first kappa shape index (κ1) is 14.3. The summed E-state index contributed by atoms with van der Waals surface area (Å²) in [5.74, 6) is 1.27. The highest BCUT2D eigenvalue weighted by molar-refractivity contribution is 5.30. The molecular formula is C16H21N3O. The Bertz CT molecular complexity index is 529. The quantitative estimate of drug-likeness (QED) is 0.785. The van der Waals surface area contributed by atoms with E-state index in [1.165, 1.54) is 5.56 Å². The molecule has 0 spiro atoms. The zero-order valence-corrected chi connectivity index (χ0v) is 12.1. The lowest BCUT2D eigenvalue weighted by molar-refractivity contribution is 0.299. The third-order valence-electron chi connectivity index (χ3n) is 2.87. The standard InChI is InChI=1S/C16H21N3O/c1-3-17-16-18-13(2)12-15(19-16)20-11-7-10-14-8-5-4-6-9-14/h4-6,8-9,12H,3,7,10-11H2,1-2H3,(H,17,18,19). The van der Waals surface area contributed by atoms with E-state index in [0.29, 0.717) is 18.4 Å². The third-order valence-corrected chi connectivity index (χ3v) is 2.87. The van der Waals surface area contributed by atoms with Gasteiger partial charge in [0.05, 0.1) is 6.61 Å². The molecule has 0 radical (unpaired) electrons. The second kappa shape index (κ2) is 7.48. The fourth-order valence-electron chi connectivity index (χ4n) is 1.95. The summed E-state index contributed by atoms with van der Waals surface area (Å²) >= 11 is 0. The zero-order valence-electron chi connectivity index (χ0n) is 12.1. The number of hydrogen-bond acceptors (Lipinski definition) is 4. The highest BCUT2D eigenvalue weighted by Crippen LogP contribution is 2.12. The number of nitrogens with one attached hydrogen (secondary N) is 1. The van der Waals surface area contributed by atoms with Crippen molar-refractivity contribution in [2.24, 2.45) is 0 Å². The first-order chi connectivity index (χ1) is 9.78. The van der Waals surface area contributed by atoms with Crippen LogP contribution in [0.3, 0.4) is 0 Å². The molecule has 0 aliphatic heterocycles. The average molecular weight is 271 g/mol. The van der Waals surface area contributed by atoms with Crippen LogP contribution in [-0.4, -0.2) is 23.1 Å². The molecule has 2 aromatic rings. The van der Waals surface area contributed by atoms with Gasteiger partial charge in [-0.15, -0.1) is 0 Å². The van der Waals surface area contributed by atoms with Crippen molar-refractivity contribution >= 4 is 5.95 Å². The maximum absolute atomic E-state index is 5.70. The van der Waals surface area contributed by atoms with Crippen molar-refractivity contribution in [1.82, 2.24) is 9.97 Å². The fourth-order valence-corrected chi connectivity index (χ4v) is 1.95. The monoisotopic (exact) mass is 271 g/mol. The normalized spacial score (nSPS) is 10.3. The minimum atomic E-state index is 0.630. The molecule has 0 atom stereocenters. The summed E-state index contributed by atoms with van der Waals surface area (Å²) in [6, 6.07) is 12.3. The number of anilines is 1. The Balaban J connectivity index is 1.81. The third kappa shape index (κ3) is 4.53. The fraction of sp³-hybridized carbons (Fsp3) is 0.375. The first-order valence-electron chi connectivity index (χ1n) is 7.04. The maximum Gasteiger partial charge on any atom is 0.226 e. The van der Waals surface area contributed by atoms with Crippen molar-refractivity contribution in [1.29, 1.82) is 0 Å². The molecule has 1 heterocycles. The van der Waals surface area contributed by atoms with E-state index < -0.39 is 0 Å². The summed E-state index contributed by atoms with van der Waals surface area (Å²) in [7, 11) is 0. The molecular weight excluding hydrogens is 250 g/mol. The molecule has 0 unspecified atom stereocenters. The van der Waals surface area contributed by atoms with Gasteiger partial charge in [0.2, 0.25) is 11.8 Å². The number of rotatable bonds is 7. The van der Waals surface area contributed by atoms with Crippen LogP contribution in [0, 0.1) is 6.92 Å². The Morgan fingerprint density at radius 3 is 2.70 bits per heavy atom. The van der Waals surface area contributed by atoms with Gasteiger partial charge in [0.1, 0.15) is 0 Å². The number of hydrogen-bond donors (Lipinski definition) is 1. The van der Waals surface area contributed by atoms with Crippen molar-refractivity contribution in [2.75, 3.05) is 18.5 Å². The molecule has 1 N–H and O–H groups in total. The van der Waals surface area contributed by atoms with Crippen LogP contribution in [0.1, 0.15) is 24.6 Å². The summed E-state index contributed by atoms with van der Waals surface area (Å²) < 4.78 is 5.70. The SMILES string of the molecule is CCNc1nc(C)cc(OCCCc2ccccc2)n1. The van der Waals surface area contributed by atoms with E-state index in [-0.39, 0.29) is 0 Å². The van der Waals surface area contributed by atoms with E-state index in [2.05, 4.69) is 39.6 Å². The summed E-state index contributed by atoms with van der Waals surface area (Å²) in [4.78, 5) is 8.62. The van der Waals surface area contributed by atoms with Crippen molar-refractivity contribution in [3.63, 3.8) is 0 Å². The Hall–Kier alpha value is -2.10. The Morgan fingerprint density at radius 1 is 1.15 bits per heavy atom. The van der Waals surface area contributed by atoms with Gasteiger partial charge in [0, 0.05) is 18.3 Å². The average Bonchev–Trinajstić information content (AvgIpc) is 2.45. The van der Waals surface area contributed by atoms with Crippen LogP contribution in [-0.2, 0) is 6.42 Å². The molecule has 2 rings (SSSR count). The lowest BCUT2D eigenvalue weighted by atomic mass is 10.1. The van der Waals surface area contributed by atoms with Crippen LogP contribution in [0.15, 0.2) is 36.4 Å². The molecule has 0 saturated carbocycles. The number of benzene rings is 1. The van der Waals surface area contributed by atoms with Crippen LogP contribution < -0.4 is 10.1 Å². The van der Waals surface area contributed by atoms with Gasteiger partial charge < -0.3 is 10.1 Å². The van der Waals surface area contributed by atoms with E-state index in [9.17, 15) is 0 Å². The van der Waals surface area contributed by atoms with E-state index in [1.807, 2.05) is 26.0 Å². The van der Waals surface area contributed by atoms with Crippen molar-refractivity contribution in [2.45, 2.75) is 26.7 Å². The molecule has 0 amide bonds. The van der Waals surface area contributed by atoms with Gasteiger partial charge in [0.15, 0.2) is 0 Å². The molecule has 106 valence electrons. The summed E-state index contributed by atoms with van der Waals surface area (Å²) in [6.07, 6.45) is 1.99. The van der Waals surface area contributed by atoms with E-state index in [0.717, 1.165) is 25.1 Å². The highest BCUT2D eigenvalue weighted by atomic mass is 16.5. The predicted octanol–water partition coefficient (Wildman–Crippen LogP) is 3.23. The van der Waals surface area contributed by atoms with Crippen LogP contribution in [0.5, 0.6) is 5.88 Å². The molecule has 0 aliphatic rings. The van der Waals surface area contributed by atoms with Gasteiger partial charge in [0.25, 0.3) is 0 Å². The Labute approximate surface area is 120 Å². The van der Waals surface area contributed by atoms with Gasteiger partial charge >= 0.3 is 0 Å². The van der Waals surface area contributed by atoms with Crippen LogP contribution in [0.2, 0.25) is 0 Å².